The summed E-state index contributed by atoms with van der Waals surface area (Å²) in [6.45, 7) is 3.34. The maximum absolute atomic E-state index is 4.41. The predicted octanol–water partition coefficient (Wildman–Crippen LogP) is 2.86. The maximum atomic E-state index is 4.41. The topological polar surface area (TPSA) is 29.0 Å². The summed E-state index contributed by atoms with van der Waals surface area (Å²) in [7, 11) is 0. The molecule has 3 heteroatoms. The van der Waals surface area contributed by atoms with Gasteiger partial charge < -0.3 is 0 Å². The van der Waals surface area contributed by atoms with E-state index < -0.39 is 0 Å². The molecule has 0 saturated carbocycles. The highest BCUT2D eigenvalue weighted by Crippen LogP contribution is 2.25. The molecule has 1 fully saturated rings. The number of nitrogens with zero attached hydrogens (tertiary/aromatic N) is 3. The van der Waals surface area contributed by atoms with Gasteiger partial charge >= 0.3 is 0 Å². The number of hydrogen-bond acceptors (Lipinski definition) is 3. The lowest BCUT2D eigenvalue weighted by molar-refractivity contribution is 0.198. The molecule has 2 aromatic rings. The first-order valence-electron chi connectivity index (χ1n) is 6.94. The molecule has 3 nitrogen and oxygen atoms in total. The summed E-state index contributed by atoms with van der Waals surface area (Å²) in [6, 6.07) is 12.8. The van der Waals surface area contributed by atoms with Gasteiger partial charge in [-0.1, -0.05) is 30.3 Å². The summed E-state index contributed by atoms with van der Waals surface area (Å²) < 4.78 is 0. The van der Waals surface area contributed by atoms with Gasteiger partial charge in [-0.3, -0.25) is 4.90 Å². The minimum absolute atomic E-state index is 0.556. The monoisotopic (exact) mass is 253 g/mol. The van der Waals surface area contributed by atoms with Crippen LogP contribution in [-0.2, 0) is 6.54 Å². The summed E-state index contributed by atoms with van der Waals surface area (Å²) >= 11 is 0. The smallest absolute Gasteiger partial charge is 0.115 e. The van der Waals surface area contributed by atoms with Gasteiger partial charge in [0.1, 0.15) is 6.33 Å². The minimum atomic E-state index is 0.556. The molecule has 1 aromatic heterocycles. The number of hydrogen-bond donors (Lipinski definition) is 0. The van der Waals surface area contributed by atoms with Crippen LogP contribution >= 0.6 is 0 Å². The van der Waals surface area contributed by atoms with Crippen molar-refractivity contribution in [3.8, 4) is 0 Å². The zero-order valence-corrected chi connectivity index (χ0v) is 11.1. The van der Waals surface area contributed by atoms with Crippen molar-refractivity contribution in [3.63, 3.8) is 0 Å². The zero-order valence-electron chi connectivity index (χ0n) is 11.1. The van der Waals surface area contributed by atoms with Gasteiger partial charge in [0.15, 0.2) is 0 Å². The second-order valence-electron chi connectivity index (χ2n) is 5.19. The van der Waals surface area contributed by atoms with E-state index in [-0.39, 0.29) is 0 Å². The molecular weight excluding hydrogens is 234 g/mol. The Hall–Kier alpha value is -1.74. The van der Waals surface area contributed by atoms with E-state index in [0.29, 0.717) is 5.92 Å². The van der Waals surface area contributed by atoms with Crippen molar-refractivity contribution in [2.24, 2.45) is 0 Å². The standard InChI is InChI=1S/C16H19N3/c1-2-5-14(6-3-1)11-19-10-4-7-15(12-19)16-8-9-17-13-18-16/h1-3,5-6,8-9,13,15H,4,7,10-12H2. The number of piperidine rings is 1. The van der Waals surface area contributed by atoms with Gasteiger partial charge in [-0.05, 0) is 31.0 Å². The molecular formula is C16H19N3. The normalized spacial score (nSPS) is 20.3. The Morgan fingerprint density at radius 2 is 2.05 bits per heavy atom. The number of likely N-dealkylation sites (tertiary alicyclic amines) is 1. The van der Waals surface area contributed by atoms with Crippen LogP contribution in [-0.4, -0.2) is 28.0 Å². The molecule has 1 atom stereocenters. The van der Waals surface area contributed by atoms with Crippen molar-refractivity contribution in [2.75, 3.05) is 13.1 Å². The molecule has 2 heterocycles. The molecule has 1 aromatic carbocycles. The van der Waals surface area contributed by atoms with Crippen LogP contribution in [0.1, 0.15) is 30.0 Å². The van der Waals surface area contributed by atoms with Crippen LogP contribution in [0.15, 0.2) is 48.9 Å². The van der Waals surface area contributed by atoms with E-state index in [2.05, 4.69) is 51.3 Å². The molecule has 0 radical (unpaired) electrons. The molecule has 0 aliphatic carbocycles. The van der Waals surface area contributed by atoms with Crippen LogP contribution < -0.4 is 0 Å². The summed E-state index contributed by atoms with van der Waals surface area (Å²) in [6.07, 6.45) is 5.99. The second-order valence-corrected chi connectivity index (χ2v) is 5.19. The lowest BCUT2D eigenvalue weighted by Gasteiger charge is -2.32. The summed E-state index contributed by atoms with van der Waals surface area (Å²) in [5.74, 6) is 0.556. The van der Waals surface area contributed by atoms with Crippen molar-refractivity contribution in [2.45, 2.75) is 25.3 Å². The van der Waals surface area contributed by atoms with Gasteiger partial charge in [0.2, 0.25) is 0 Å². The highest BCUT2D eigenvalue weighted by Gasteiger charge is 2.22. The first-order chi connectivity index (χ1) is 9.42. The van der Waals surface area contributed by atoms with Crippen molar-refractivity contribution in [1.82, 2.24) is 14.9 Å². The first-order valence-corrected chi connectivity index (χ1v) is 6.94. The first kappa shape index (κ1) is 12.3. The van der Waals surface area contributed by atoms with Crippen LogP contribution in [0, 0.1) is 0 Å². The zero-order chi connectivity index (χ0) is 12.9. The lowest BCUT2D eigenvalue weighted by atomic mass is 9.94. The molecule has 0 N–H and O–H groups in total. The van der Waals surface area contributed by atoms with Crippen molar-refractivity contribution < 1.29 is 0 Å². The third-order valence-corrected chi connectivity index (χ3v) is 3.78. The molecule has 1 aliphatic rings. The Morgan fingerprint density at radius 1 is 1.16 bits per heavy atom. The van der Waals surface area contributed by atoms with Crippen molar-refractivity contribution in [3.05, 3.63) is 60.2 Å². The molecule has 0 bridgehead atoms. The quantitative estimate of drug-likeness (QED) is 0.842. The molecule has 98 valence electrons. The van der Waals surface area contributed by atoms with Crippen LogP contribution in [0.25, 0.3) is 0 Å². The Kier molecular flexibility index (Phi) is 3.84. The molecule has 0 spiro atoms. The van der Waals surface area contributed by atoms with E-state index >= 15 is 0 Å². The van der Waals surface area contributed by atoms with E-state index in [4.69, 9.17) is 0 Å². The third kappa shape index (κ3) is 3.18. The Morgan fingerprint density at radius 3 is 2.84 bits per heavy atom. The second kappa shape index (κ2) is 5.93. The molecule has 19 heavy (non-hydrogen) atoms. The molecule has 0 amide bonds. The van der Waals surface area contributed by atoms with Crippen LogP contribution in [0.2, 0.25) is 0 Å². The Bertz CT molecular complexity index is 498. The average molecular weight is 253 g/mol. The summed E-state index contributed by atoms with van der Waals surface area (Å²) in [5.41, 5.74) is 2.58. The van der Waals surface area contributed by atoms with Gasteiger partial charge in [-0.15, -0.1) is 0 Å². The Labute approximate surface area is 114 Å². The van der Waals surface area contributed by atoms with E-state index in [1.807, 2.05) is 6.20 Å². The Balaban J connectivity index is 1.65. The maximum Gasteiger partial charge on any atom is 0.115 e. The van der Waals surface area contributed by atoms with Gasteiger partial charge in [-0.25, -0.2) is 9.97 Å². The fourth-order valence-corrected chi connectivity index (χ4v) is 2.82. The van der Waals surface area contributed by atoms with E-state index in [1.54, 1.807) is 6.33 Å². The molecule has 1 saturated heterocycles. The van der Waals surface area contributed by atoms with Crippen LogP contribution in [0.5, 0.6) is 0 Å². The van der Waals surface area contributed by atoms with Gasteiger partial charge in [0.05, 0.1) is 0 Å². The van der Waals surface area contributed by atoms with E-state index in [1.165, 1.54) is 30.6 Å². The largest absolute Gasteiger partial charge is 0.298 e. The van der Waals surface area contributed by atoms with Gasteiger partial charge in [0, 0.05) is 30.9 Å². The van der Waals surface area contributed by atoms with Crippen molar-refractivity contribution >= 4 is 0 Å². The summed E-state index contributed by atoms with van der Waals surface area (Å²) in [4.78, 5) is 10.9. The summed E-state index contributed by atoms with van der Waals surface area (Å²) in [5, 5.41) is 0. The van der Waals surface area contributed by atoms with E-state index in [0.717, 1.165) is 13.1 Å². The average Bonchev–Trinajstić information content (AvgIpc) is 2.49. The third-order valence-electron chi connectivity index (χ3n) is 3.78. The predicted molar refractivity (Wildman–Crippen MR) is 75.7 cm³/mol. The van der Waals surface area contributed by atoms with Crippen LogP contribution in [0.4, 0.5) is 0 Å². The number of rotatable bonds is 3. The van der Waals surface area contributed by atoms with Gasteiger partial charge in [-0.2, -0.15) is 0 Å². The van der Waals surface area contributed by atoms with Crippen LogP contribution in [0.3, 0.4) is 0 Å². The van der Waals surface area contributed by atoms with Gasteiger partial charge in [0.25, 0.3) is 0 Å². The lowest BCUT2D eigenvalue weighted by Crippen LogP contribution is -2.34. The SMILES string of the molecule is c1ccc(CN2CCCC(c3ccncn3)C2)cc1. The highest BCUT2D eigenvalue weighted by molar-refractivity contribution is 5.15. The number of aromatic nitrogens is 2. The molecule has 3 rings (SSSR count). The van der Waals surface area contributed by atoms with Crippen molar-refractivity contribution in [1.29, 1.82) is 0 Å². The number of benzene rings is 1. The molecule has 1 unspecified atom stereocenters. The fraction of sp³-hybridized carbons (Fsp3) is 0.375. The molecule has 1 aliphatic heterocycles. The fourth-order valence-electron chi connectivity index (χ4n) is 2.82. The highest BCUT2D eigenvalue weighted by atomic mass is 15.1. The van der Waals surface area contributed by atoms with E-state index in [9.17, 15) is 0 Å². The minimum Gasteiger partial charge on any atom is -0.298 e.